The predicted octanol–water partition coefficient (Wildman–Crippen LogP) is 1.45. The van der Waals surface area contributed by atoms with Gasteiger partial charge in [0.2, 0.25) is 17.7 Å². The maximum absolute atomic E-state index is 13.5. The van der Waals surface area contributed by atoms with Crippen LogP contribution < -0.4 is 21.7 Å². The summed E-state index contributed by atoms with van der Waals surface area (Å²) in [5, 5.41) is 27.1. The van der Waals surface area contributed by atoms with Crippen LogP contribution in [0.4, 0.5) is 0 Å². The number of nitrogens with one attached hydrogen (secondary N) is 3. The molecule has 10 nitrogen and oxygen atoms in total. The van der Waals surface area contributed by atoms with Gasteiger partial charge in [0.1, 0.15) is 23.9 Å². The summed E-state index contributed by atoms with van der Waals surface area (Å²) < 4.78 is 0. The number of carbonyl (C=O) groups is 4. The van der Waals surface area contributed by atoms with Crippen LogP contribution in [-0.2, 0) is 32.0 Å². The lowest BCUT2D eigenvalue weighted by molar-refractivity contribution is -0.143. The molecule has 11 heteroatoms. The predicted molar refractivity (Wildman–Crippen MR) is 151 cm³/mol. The number of carboxylic acids is 1. The molecule has 39 heavy (non-hydrogen) atoms. The summed E-state index contributed by atoms with van der Waals surface area (Å²) in [7, 11) is 0. The Bertz CT molecular complexity index is 1100. The fourth-order valence-corrected chi connectivity index (χ4v) is 4.32. The molecule has 0 heterocycles. The zero-order valence-corrected chi connectivity index (χ0v) is 23.2. The molecule has 4 atom stereocenters. The van der Waals surface area contributed by atoms with E-state index in [2.05, 4.69) is 16.0 Å². The number of hydrogen-bond acceptors (Lipinski definition) is 7. The summed E-state index contributed by atoms with van der Waals surface area (Å²) >= 11 is 1.56. The van der Waals surface area contributed by atoms with Crippen LogP contribution in [0.1, 0.15) is 31.4 Å². The average molecular weight is 559 g/mol. The Morgan fingerprint density at radius 2 is 1.33 bits per heavy atom. The van der Waals surface area contributed by atoms with E-state index in [4.69, 9.17) is 5.73 Å². The maximum Gasteiger partial charge on any atom is 0.326 e. The minimum Gasteiger partial charge on any atom is -0.508 e. The Labute approximate surface area is 233 Å². The Hall–Kier alpha value is -3.57. The number of benzene rings is 2. The molecular formula is C28H38N4O6S. The molecule has 0 aromatic heterocycles. The van der Waals surface area contributed by atoms with Crippen molar-refractivity contribution in [3.05, 3.63) is 65.7 Å². The van der Waals surface area contributed by atoms with Crippen LogP contribution in [-0.4, -0.2) is 70.1 Å². The minimum atomic E-state index is -1.19. The molecule has 0 aliphatic rings. The number of phenolic OH excluding ortho intramolecular Hbond substituents is 1. The van der Waals surface area contributed by atoms with Gasteiger partial charge < -0.3 is 31.9 Å². The van der Waals surface area contributed by atoms with Crippen LogP contribution >= 0.6 is 11.8 Å². The van der Waals surface area contributed by atoms with Crippen molar-refractivity contribution in [3.63, 3.8) is 0 Å². The molecule has 0 bridgehead atoms. The number of rotatable bonds is 15. The molecule has 7 N–H and O–H groups in total. The van der Waals surface area contributed by atoms with Gasteiger partial charge in [-0.1, -0.05) is 56.3 Å². The van der Waals surface area contributed by atoms with Gasteiger partial charge in [0.05, 0.1) is 6.04 Å². The molecule has 2 aromatic carbocycles. The average Bonchev–Trinajstić information content (AvgIpc) is 2.90. The highest BCUT2D eigenvalue weighted by Crippen LogP contribution is 2.13. The quantitative estimate of drug-likeness (QED) is 0.191. The first-order valence-electron chi connectivity index (χ1n) is 12.7. The molecule has 0 spiro atoms. The molecule has 212 valence electrons. The Morgan fingerprint density at radius 3 is 1.85 bits per heavy atom. The third kappa shape index (κ3) is 10.6. The number of carbonyl (C=O) groups excluding carboxylic acids is 3. The SMILES string of the molecule is CSCCC(N)C(=O)NC(Cc1ccccc1)C(=O)NC(Cc1ccc(O)cc1)C(=O)NC(C(=O)O)C(C)C. The highest BCUT2D eigenvalue weighted by Gasteiger charge is 2.31. The summed E-state index contributed by atoms with van der Waals surface area (Å²) in [4.78, 5) is 51.3. The van der Waals surface area contributed by atoms with Crippen molar-refractivity contribution in [3.8, 4) is 5.75 Å². The van der Waals surface area contributed by atoms with E-state index in [0.29, 0.717) is 17.7 Å². The van der Waals surface area contributed by atoms with E-state index in [9.17, 15) is 29.4 Å². The Kier molecular flexibility index (Phi) is 12.8. The van der Waals surface area contributed by atoms with E-state index in [1.165, 1.54) is 12.1 Å². The van der Waals surface area contributed by atoms with E-state index >= 15 is 0 Å². The van der Waals surface area contributed by atoms with Crippen LogP contribution in [0.5, 0.6) is 5.75 Å². The lowest BCUT2D eigenvalue weighted by Gasteiger charge is -2.26. The van der Waals surface area contributed by atoms with Crippen molar-refractivity contribution in [2.45, 2.75) is 57.3 Å². The van der Waals surface area contributed by atoms with Gasteiger partial charge in [0.25, 0.3) is 0 Å². The second-order valence-electron chi connectivity index (χ2n) is 9.64. The number of amides is 3. The Morgan fingerprint density at radius 1 is 0.821 bits per heavy atom. The number of aliphatic carboxylic acids is 1. The molecular weight excluding hydrogens is 520 g/mol. The van der Waals surface area contributed by atoms with E-state index in [-0.39, 0.29) is 18.6 Å². The van der Waals surface area contributed by atoms with E-state index in [0.717, 1.165) is 5.56 Å². The summed E-state index contributed by atoms with van der Waals surface area (Å²) in [5.41, 5.74) is 7.45. The zero-order chi connectivity index (χ0) is 28.9. The number of carboxylic acid groups (broad SMARTS) is 1. The van der Waals surface area contributed by atoms with E-state index < -0.39 is 53.8 Å². The van der Waals surface area contributed by atoms with Crippen molar-refractivity contribution in [1.29, 1.82) is 0 Å². The molecule has 0 saturated carbocycles. The van der Waals surface area contributed by atoms with Gasteiger partial charge in [0, 0.05) is 12.8 Å². The topological polar surface area (TPSA) is 171 Å². The van der Waals surface area contributed by atoms with Gasteiger partial charge in [-0.05, 0) is 47.6 Å². The normalized spacial score (nSPS) is 14.1. The molecule has 2 rings (SSSR count). The minimum absolute atomic E-state index is 0.0293. The third-order valence-corrected chi connectivity index (χ3v) is 6.77. The zero-order valence-electron chi connectivity index (χ0n) is 22.4. The lowest BCUT2D eigenvalue weighted by atomic mass is 10.0. The number of hydrogen-bond donors (Lipinski definition) is 6. The van der Waals surface area contributed by atoms with E-state index in [1.807, 2.05) is 36.6 Å². The van der Waals surface area contributed by atoms with Gasteiger partial charge in [-0.3, -0.25) is 14.4 Å². The Balaban J connectivity index is 2.31. The number of thioether (sulfide) groups is 1. The fraction of sp³-hybridized carbons (Fsp3) is 0.429. The highest BCUT2D eigenvalue weighted by molar-refractivity contribution is 7.98. The van der Waals surface area contributed by atoms with Crippen molar-refractivity contribution in [2.75, 3.05) is 12.0 Å². The molecule has 2 aromatic rings. The second-order valence-corrected chi connectivity index (χ2v) is 10.6. The van der Waals surface area contributed by atoms with Crippen LogP contribution in [0.25, 0.3) is 0 Å². The number of phenols is 1. The largest absolute Gasteiger partial charge is 0.508 e. The van der Waals surface area contributed by atoms with Crippen molar-refractivity contribution in [2.24, 2.45) is 11.7 Å². The first kappa shape index (κ1) is 31.6. The summed E-state index contributed by atoms with van der Waals surface area (Å²) in [6.07, 6.45) is 2.53. The van der Waals surface area contributed by atoms with Gasteiger partial charge in [-0.15, -0.1) is 0 Å². The van der Waals surface area contributed by atoms with Crippen molar-refractivity contribution >= 4 is 35.5 Å². The third-order valence-electron chi connectivity index (χ3n) is 6.13. The number of aromatic hydroxyl groups is 1. The van der Waals surface area contributed by atoms with Crippen LogP contribution in [0.2, 0.25) is 0 Å². The molecule has 3 amide bonds. The highest BCUT2D eigenvalue weighted by atomic mass is 32.2. The van der Waals surface area contributed by atoms with Crippen LogP contribution in [0.3, 0.4) is 0 Å². The monoisotopic (exact) mass is 558 g/mol. The van der Waals surface area contributed by atoms with Crippen molar-refractivity contribution < 1.29 is 29.4 Å². The van der Waals surface area contributed by atoms with Crippen molar-refractivity contribution in [1.82, 2.24) is 16.0 Å². The van der Waals surface area contributed by atoms with Gasteiger partial charge in [-0.2, -0.15) is 11.8 Å². The molecule has 0 aliphatic heterocycles. The molecule has 0 fully saturated rings. The summed E-state index contributed by atoms with van der Waals surface area (Å²) in [5.74, 6) is -2.65. The smallest absolute Gasteiger partial charge is 0.326 e. The summed E-state index contributed by atoms with van der Waals surface area (Å²) in [6.45, 7) is 3.33. The van der Waals surface area contributed by atoms with Gasteiger partial charge in [-0.25, -0.2) is 4.79 Å². The number of nitrogens with two attached hydrogens (primary N) is 1. The molecule has 0 aliphatic carbocycles. The molecule has 4 unspecified atom stereocenters. The van der Waals surface area contributed by atoms with E-state index in [1.54, 1.807) is 37.7 Å². The fourth-order valence-electron chi connectivity index (χ4n) is 3.83. The van der Waals surface area contributed by atoms with Gasteiger partial charge >= 0.3 is 5.97 Å². The lowest BCUT2D eigenvalue weighted by Crippen LogP contribution is -2.58. The molecule has 0 saturated heterocycles. The molecule has 0 radical (unpaired) electrons. The summed E-state index contributed by atoms with van der Waals surface area (Å²) in [6, 6.07) is 11.1. The van der Waals surface area contributed by atoms with Gasteiger partial charge in [0.15, 0.2) is 0 Å². The standard InChI is InChI=1S/C28H38N4O6S/c1-17(2)24(28(37)38)32-27(36)23(16-19-9-11-20(33)12-10-19)31-26(35)22(15-18-7-5-4-6-8-18)30-25(34)21(29)13-14-39-3/h4-12,17,21-24,33H,13-16,29H2,1-3H3,(H,30,34)(H,31,35)(H,32,36)(H,37,38). The first-order chi connectivity index (χ1) is 18.5. The first-order valence-corrected chi connectivity index (χ1v) is 14.1. The maximum atomic E-state index is 13.5. The van der Waals surface area contributed by atoms with Crippen LogP contribution in [0.15, 0.2) is 54.6 Å². The second kappa shape index (κ2) is 15.7. The van der Waals surface area contributed by atoms with Crippen LogP contribution in [0, 0.1) is 5.92 Å².